The van der Waals surface area contributed by atoms with Crippen molar-refractivity contribution in [1.29, 1.82) is 0 Å². The first-order valence-electron chi connectivity index (χ1n) is 12.0. The van der Waals surface area contributed by atoms with Gasteiger partial charge in [-0.25, -0.2) is 0 Å². The van der Waals surface area contributed by atoms with Crippen LogP contribution in [0.4, 0.5) is 37.7 Å². The van der Waals surface area contributed by atoms with Crippen molar-refractivity contribution in [3.05, 3.63) is 68.8 Å². The Labute approximate surface area is 225 Å². The molecule has 218 valence electrons. The lowest BCUT2D eigenvalue weighted by Crippen LogP contribution is -2.49. The van der Waals surface area contributed by atoms with Crippen molar-refractivity contribution < 1.29 is 40.9 Å². The molecule has 0 spiro atoms. The number of halogens is 6. The molecular formula is C26H28F6N4O4. The lowest BCUT2D eigenvalue weighted by atomic mass is 9.78. The van der Waals surface area contributed by atoms with Gasteiger partial charge in [-0.3, -0.25) is 19.7 Å². The smallest absolute Gasteiger partial charge is 0.399 e. The Morgan fingerprint density at radius 2 is 1.20 bits per heavy atom. The zero-order valence-electron chi connectivity index (χ0n) is 22.1. The van der Waals surface area contributed by atoms with E-state index >= 15 is 0 Å². The molecule has 0 unspecified atom stereocenters. The van der Waals surface area contributed by atoms with Gasteiger partial charge in [-0.15, -0.1) is 0 Å². The molecule has 8 nitrogen and oxygen atoms in total. The summed E-state index contributed by atoms with van der Waals surface area (Å²) in [5.74, 6) is -3.72. The van der Waals surface area contributed by atoms with Crippen LogP contribution in [0.25, 0.3) is 0 Å². The Kier molecular flexibility index (Phi) is 7.89. The second-order valence-electron chi connectivity index (χ2n) is 11.1. The molecule has 0 aromatic heterocycles. The number of nitro benzene ring substituents is 1. The minimum atomic E-state index is -4.95. The van der Waals surface area contributed by atoms with Crippen molar-refractivity contribution in [3.8, 4) is 0 Å². The highest BCUT2D eigenvalue weighted by Gasteiger charge is 2.47. The van der Waals surface area contributed by atoms with Crippen LogP contribution in [0.15, 0.2) is 36.4 Å². The molecule has 2 aliphatic rings. The summed E-state index contributed by atoms with van der Waals surface area (Å²) in [6, 6.07) is 9.27. The molecule has 0 fully saturated rings. The molecule has 2 aliphatic heterocycles. The number of anilines is 1. The Morgan fingerprint density at radius 3 is 1.60 bits per heavy atom. The molecule has 2 aromatic carbocycles. The van der Waals surface area contributed by atoms with Crippen LogP contribution in [0.1, 0.15) is 49.9 Å². The molecule has 40 heavy (non-hydrogen) atoms. The summed E-state index contributed by atoms with van der Waals surface area (Å²) in [5, 5.41) is 10.8. The molecular weight excluding hydrogens is 546 g/mol. The summed E-state index contributed by atoms with van der Waals surface area (Å²) in [6.07, 6.45) is -9.79. The third kappa shape index (κ3) is 6.48. The Hall–Kier alpha value is -3.84. The molecule has 2 aromatic rings. The van der Waals surface area contributed by atoms with Crippen LogP contribution in [0.5, 0.6) is 0 Å². The lowest BCUT2D eigenvalue weighted by molar-refractivity contribution is -0.385. The van der Waals surface area contributed by atoms with E-state index in [0.29, 0.717) is 21.7 Å². The maximum Gasteiger partial charge on any atom is 0.471 e. The van der Waals surface area contributed by atoms with Crippen LogP contribution in [0.3, 0.4) is 0 Å². The van der Waals surface area contributed by atoms with Gasteiger partial charge in [-0.2, -0.15) is 26.3 Å². The molecule has 0 saturated carbocycles. The predicted molar refractivity (Wildman–Crippen MR) is 133 cm³/mol. The maximum atomic E-state index is 12.6. The van der Waals surface area contributed by atoms with Gasteiger partial charge >= 0.3 is 24.2 Å². The van der Waals surface area contributed by atoms with E-state index < -0.39 is 39.9 Å². The maximum absolute atomic E-state index is 12.6. The number of nitrogens with zero attached hydrogens (tertiary/aromatic N) is 3. The minimum Gasteiger partial charge on any atom is -0.399 e. The normalized spacial score (nSPS) is 17.6. The number of rotatable bonds is 1. The first-order chi connectivity index (χ1) is 18.1. The van der Waals surface area contributed by atoms with Crippen molar-refractivity contribution in [3.63, 3.8) is 0 Å². The highest BCUT2D eigenvalue weighted by atomic mass is 19.4. The fourth-order valence-electron chi connectivity index (χ4n) is 5.18. The first-order valence-corrected chi connectivity index (χ1v) is 12.0. The minimum absolute atomic E-state index is 0.0439. The number of nitrogen functional groups attached to an aromatic ring is 1. The highest BCUT2D eigenvalue weighted by molar-refractivity contribution is 5.83. The summed E-state index contributed by atoms with van der Waals surface area (Å²) < 4.78 is 75.3. The molecule has 0 radical (unpaired) electrons. The van der Waals surface area contributed by atoms with Crippen LogP contribution < -0.4 is 5.73 Å². The molecule has 2 heterocycles. The number of nitro groups is 1. The number of benzene rings is 2. The van der Waals surface area contributed by atoms with Gasteiger partial charge in [-0.1, -0.05) is 39.8 Å². The van der Waals surface area contributed by atoms with Crippen LogP contribution in [0.2, 0.25) is 0 Å². The standard InChI is InChI=1S/C13H13F3N2O3.C13H15F3N2O/c1-12(2)7-17(11(19)13(14,15)16)6-8-5-9(18(20)21)3-4-10(8)12;1-12(2)7-18(11(19)13(14,15)16)6-8-5-9(17)3-4-10(8)12/h3-5H,6-7H2,1-2H3;3-5H,6-7,17H2,1-2H3. The summed E-state index contributed by atoms with van der Waals surface area (Å²) in [5.41, 5.74) is 7.41. The van der Waals surface area contributed by atoms with Gasteiger partial charge in [0.15, 0.2) is 0 Å². The van der Waals surface area contributed by atoms with Crippen LogP contribution in [-0.4, -0.2) is 52.0 Å². The van der Waals surface area contributed by atoms with E-state index in [-0.39, 0.29) is 31.9 Å². The predicted octanol–water partition coefficient (Wildman–Crippen LogP) is 5.23. The number of hydrogen-bond donors (Lipinski definition) is 1. The van der Waals surface area contributed by atoms with Crippen molar-refractivity contribution >= 4 is 23.2 Å². The number of carbonyl (C=O) groups excluding carboxylic acids is 2. The Bertz CT molecular complexity index is 1340. The third-order valence-corrected chi connectivity index (χ3v) is 6.84. The number of non-ortho nitro benzene ring substituents is 1. The average molecular weight is 575 g/mol. The average Bonchev–Trinajstić information content (AvgIpc) is 2.80. The fourth-order valence-corrected chi connectivity index (χ4v) is 5.18. The third-order valence-electron chi connectivity index (χ3n) is 6.84. The zero-order chi connectivity index (χ0) is 30.4. The van der Waals surface area contributed by atoms with Gasteiger partial charge < -0.3 is 15.5 Å². The molecule has 0 saturated heterocycles. The number of alkyl halides is 6. The number of hydrogen-bond acceptors (Lipinski definition) is 5. The van der Waals surface area contributed by atoms with E-state index in [1.807, 2.05) is 19.9 Å². The van der Waals surface area contributed by atoms with Crippen LogP contribution in [-0.2, 0) is 33.5 Å². The Balaban J connectivity index is 0.000000222. The number of nitrogens with two attached hydrogens (primary N) is 1. The van der Waals surface area contributed by atoms with E-state index in [4.69, 9.17) is 5.73 Å². The van der Waals surface area contributed by atoms with Gasteiger partial charge in [0, 0.05) is 54.8 Å². The van der Waals surface area contributed by atoms with Crippen molar-refractivity contribution in [2.45, 2.75) is 64.0 Å². The second-order valence-corrected chi connectivity index (χ2v) is 11.1. The summed E-state index contributed by atoms with van der Waals surface area (Å²) in [7, 11) is 0. The highest BCUT2D eigenvalue weighted by Crippen LogP contribution is 2.37. The SMILES string of the molecule is CC1(C)CN(C(=O)C(F)(F)F)Cc2cc(N)ccc21.CC1(C)CN(C(=O)C(F)(F)F)Cc2cc([N+](=O)[O-])ccc21. The van der Waals surface area contributed by atoms with Crippen molar-refractivity contribution in [2.24, 2.45) is 0 Å². The molecule has 2 amide bonds. The van der Waals surface area contributed by atoms with Crippen molar-refractivity contribution in [2.75, 3.05) is 18.8 Å². The number of amides is 2. The van der Waals surface area contributed by atoms with Crippen LogP contribution >= 0.6 is 0 Å². The monoisotopic (exact) mass is 574 g/mol. The first kappa shape index (κ1) is 30.7. The second kappa shape index (κ2) is 10.3. The van der Waals surface area contributed by atoms with Gasteiger partial charge in [0.25, 0.3) is 5.69 Å². The van der Waals surface area contributed by atoms with E-state index in [0.717, 1.165) is 16.0 Å². The number of carbonyl (C=O) groups is 2. The van der Waals surface area contributed by atoms with E-state index in [9.17, 15) is 46.0 Å². The lowest BCUT2D eigenvalue weighted by Gasteiger charge is -2.40. The summed E-state index contributed by atoms with van der Waals surface area (Å²) in [4.78, 5) is 34.5. The van der Waals surface area contributed by atoms with E-state index in [1.165, 1.54) is 12.1 Å². The molecule has 0 bridgehead atoms. The topological polar surface area (TPSA) is 110 Å². The zero-order valence-corrected chi connectivity index (χ0v) is 22.1. The van der Waals surface area contributed by atoms with Crippen LogP contribution in [0, 0.1) is 10.1 Å². The van der Waals surface area contributed by atoms with Gasteiger partial charge in [0.05, 0.1) is 4.92 Å². The number of fused-ring (bicyclic) bond motifs is 2. The fraction of sp³-hybridized carbons (Fsp3) is 0.462. The van der Waals surface area contributed by atoms with Crippen molar-refractivity contribution in [1.82, 2.24) is 9.80 Å². The van der Waals surface area contributed by atoms with E-state index in [2.05, 4.69) is 0 Å². The molecule has 14 heteroatoms. The molecule has 0 atom stereocenters. The molecule has 0 aliphatic carbocycles. The molecule has 2 N–H and O–H groups in total. The van der Waals surface area contributed by atoms with Gasteiger partial charge in [0.1, 0.15) is 0 Å². The largest absolute Gasteiger partial charge is 0.471 e. The molecule has 4 rings (SSSR count). The van der Waals surface area contributed by atoms with E-state index in [1.54, 1.807) is 32.0 Å². The van der Waals surface area contributed by atoms with Gasteiger partial charge in [0.2, 0.25) is 0 Å². The summed E-state index contributed by atoms with van der Waals surface area (Å²) >= 11 is 0. The Morgan fingerprint density at radius 1 is 0.800 bits per heavy atom. The quantitative estimate of drug-likeness (QED) is 0.217. The van der Waals surface area contributed by atoms with Gasteiger partial charge in [-0.05, 0) is 34.4 Å². The summed E-state index contributed by atoms with van der Waals surface area (Å²) in [6.45, 7) is 6.66.